The van der Waals surface area contributed by atoms with Gasteiger partial charge in [0.25, 0.3) is 5.91 Å². The first-order valence-corrected chi connectivity index (χ1v) is 10.6. The Labute approximate surface area is 189 Å². The molecule has 0 aliphatic carbocycles. The van der Waals surface area contributed by atoms with Crippen LogP contribution in [0.15, 0.2) is 35.4 Å². The molecule has 0 radical (unpaired) electrons. The highest BCUT2D eigenvalue weighted by Gasteiger charge is 2.29. The second-order valence-electron chi connectivity index (χ2n) is 9.08. The maximum absolute atomic E-state index is 12.0. The molecule has 1 aromatic heterocycles. The smallest absolute Gasteiger partial charge is 0.324 e. The maximum Gasteiger partial charge on any atom is 0.324 e. The summed E-state index contributed by atoms with van der Waals surface area (Å²) >= 11 is 0.909. The average Bonchev–Trinajstić information content (AvgIpc) is 3.13. The van der Waals surface area contributed by atoms with Crippen LogP contribution in [-0.4, -0.2) is 28.6 Å². The zero-order chi connectivity index (χ0) is 24.1. The quantitative estimate of drug-likeness (QED) is 0.322. The molecule has 32 heavy (non-hydrogen) atoms. The number of nitrogens with one attached hydrogen (secondary N) is 1. The fourth-order valence-corrected chi connectivity index (χ4v) is 4.18. The van der Waals surface area contributed by atoms with E-state index >= 15 is 0 Å². The van der Waals surface area contributed by atoms with Crippen LogP contribution in [0.2, 0.25) is 0 Å². The molecule has 1 N–H and O–H groups in total. The van der Waals surface area contributed by atoms with Crippen LogP contribution >= 0.6 is 11.3 Å². The zero-order valence-corrected chi connectivity index (χ0v) is 19.4. The highest BCUT2D eigenvalue weighted by molar-refractivity contribution is 7.16. The number of nitro benzene ring substituents is 1. The fraction of sp³-hybridized carbons (Fsp3) is 0.429. The molecule has 1 aromatic carbocycles. The highest BCUT2D eigenvalue weighted by atomic mass is 32.1. The second kappa shape index (κ2) is 9.86. The Morgan fingerprint density at radius 3 is 2.38 bits per heavy atom. The Kier molecular flexibility index (Phi) is 7.68. The van der Waals surface area contributed by atoms with Crippen molar-refractivity contribution in [2.45, 2.75) is 46.5 Å². The van der Waals surface area contributed by atoms with E-state index in [-0.39, 0.29) is 27.3 Å². The number of ether oxygens (including phenoxy) is 1. The van der Waals surface area contributed by atoms with Gasteiger partial charge in [0.2, 0.25) is 0 Å². The monoisotopic (exact) mass is 462 g/mol. The van der Waals surface area contributed by atoms with E-state index in [4.69, 9.17) is 4.74 Å². The van der Waals surface area contributed by atoms with Crippen molar-refractivity contribution in [2.24, 2.45) is 10.5 Å². The third-order valence-corrected chi connectivity index (χ3v) is 5.41. The summed E-state index contributed by atoms with van der Waals surface area (Å²) in [6.07, 6.45) is 2.09. The lowest BCUT2D eigenvalue weighted by Crippen LogP contribution is -2.26. The zero-order valence-electron chi connectivity index (χ0n) is 18.6. The van der Waals surface area contributed by atoms with E-state index in [1.807, 2.05) is 13.8 Å². The first-order chi connectivity index (χ1) is 14.8. The lowest BCUT2D eigenvalue weighted by Gasteiger charge is -2.33. The number of carbonyl (C=O) groups excluding carboxylic acids is 1. The minimum Gasteiger partial charge on any atom is -0.477 e. The molecule has 0 spiro atoms. The predicted octanol–water partition coefficient (Wildman–Crippen LogP) is 4.81. The molecule has 0 aliphatic heterocycles. The minimum atomic E-state index is -0.626. The molecule has 172 valence electrons. The van der Waals surface area contributed by atoms with E-state index < -0.39 is 22.4 Å². The SMILES string of the molecule is CC(C)(C)CC(C)(C)c1ccc(OCC(=O)NN=Cc2ccc([N+](=O)[O-])s2)c([N+](=O)[O-])c1. The van der Waals surface area contributed by atoms with Crippen molar-refractivity contribution in [1.82, 2.24) is 5.43 Å². The van der Waals surface area contributed by atoms with Gasteiger partial charge in [0.05, 0.1) is 20.9 Å². The molecule has 0 unspecified atom stereocenters. The number of rotatable bonds is 9. The summed E-state index contributed by atoms with van der Waals surface area (Å²) in [5.41, 5.74) is 2.57. The second-order valence-corrected chi connectivity index (χ2v) is 10.2. The van der Waals surface area contributed by atoms with Crippen LogP contribution in [-0.2, 0) is 10.2 Å². The largest absolute Gasteiger partial charge is 0.477 e. The summed E-state index contributed by atoms with van der Waals surface area (Å²) in [6, 6.07) is 7.59. The highest BCUT2D eigenvalue weighted by Crippen LogP contribution is 2.39. The summed E-state index contributed by atoms with van der Waals surface area (Å²) in [5.74, 6) is -0.642. The number of nitro groups is 2. The van der Waals surface area contributed by atoms with Crippen molar-refractivity contribution in [3.63, 3.8) is 0 Å². The molecular formula is C21H26N4O6S. The third kappa shape index (κ3) is 7.12. The molecule has 0 aliphatic rings. The first-order valence-electron chi connectivity index (χ1n) is 9.76. The molecule has 2 rings (SSSR count). The Morgan fingerprint density at radius 2 is 1.81 bits per heavy atom. The van der Waals surface area contributed by atoms with Crippen molar-refractivity contribution in [2.75, 3.05) is 6.61 Å². The van der Waals surface area contributed by atoms with Crippen LogP contribution in [0.25, 0.3) is 0 Å². The number of hydrogen-bond acceptors (Lipinski definition) is 8. The normalized spacial score (nSPS) is 12.0. The van der Waals surface area contributed by atoms with Crippen molar-refractivity contribution in [3.8, 4) is 5.75 Å². The topological polar surface area (TPSA) is 137 Å². The van der Waals surface area contributed by atoms with E-state index in [2.05, 4.69) is 31.3 Å². The van der Waals surface area contributed by atoms with Gasteiger partial charge in [-0.2, -0.15) is 5.10 Å². The summed E-state index contributed by atoms with van der Waals surface area (Å²) in [5, 5.41) is 25.9. The lowest BCUT2D eigenvalue weighted by atomic mass is 9.72. The van der Waals surface area contributed by atoms with Gasteiger partial charge in [0.1, 0.15) is 0 Å². The van der Waals surface area contributed by atoms with Crippen LogP contribution in [0.4, 0.5) is 10.7 Å². The Morgan fingerprint density at radius 1 is 1.12 bits per heavy atom. The van der Waals surface area contributed by atoms with Gasteiger partial charge < -0.3 is 4.74 Å². The standard InChI is InChI=1S/C21H26N4O6S/c1-20(2,3)13-21(4,5)14-6-8-17(16(10-14)24(27)28)31-12-18(26)23-22-11-15-7-9-19(32-15)25(29)30/h6-11H,12-13H2,1-5H3,(H,23,26). The molecule has 0 saturated carbocycles. The maximum atomic E-state index is 12.0. The van der Waals surface area contributed by atoms with Crippen LogP contribution in [0, 0.1) is 25.6 Å². The van der Waals surface area contributed by atoms with Crippen LogP contribution in [0.5, 0.6) is 5.75 Å². The van der Waals surface area contributed by atoms with Crippen molar-refractivity contribution in [3.05, 3.63) is 61.0 Å². The first kappa shape index (κ1) is 24.9. The van der Waals surface area contributed by atoms with Gasteiger partial charge >= 0.3 is 10.7 Å². The van der Waals surface area contributed by atoms with E-state index in [1.165, 1.54) is 30.5 Å². The average molecular weight is 463 g/mol. The number of carbonyl (C=O) groups is 1. The number of nitrogens with zero attached hydrogens (tertiary/aromatic N) is 3. The predicted molar refractivity (Wildman–Crippen MR) is 122 cm³/mol. The number of benzene rings is 1. The Balaban J connectivity index is 2.03. The van der Waals surface area contributed by atoms with Gasteiger partial charge in [0.15, 0.2) is 12.4 Å². The van der Waals surface area contributed by atoms with Gasteiger partial charge in [-0.3, -0.25) is 25.0 Å². The Bertz CT molecular complexity index is 1040. The molecule has 1 heterocycles. The molecule has 11 heteroatoms. The van der Waals surface area contributed by atoms with E-state index in [0.29, 0.717) is 4.88 Å². The number of hydrogen-bond donors (Lipinski definition) is 1. The lowest BCUT2D eigenvalue weighted by molar-refractivity contribution is -0.385. The summed E-state index contributed by atoms with van der Waals surface area (Å²) in [4.78, 5) is 33.6. The minimum absolute atomic E-state index is 0.0154. The number of thiophene rings is 1. The van der Waals surface area contributed by atoms with E-state index in [9.17, 15) is 25.0 Å². The number of hydrazone groups is 1. The molecule has 2 aromatic rings. The van der Waals surface area contributed by atoms with Gasteiger partial charge in [0, 0.05) is 12.1 Å². The Hall–Kier alpha value is -3.34. The van der Waals surface area contributed by atoms with Gasteiger partial charge in [-0.1, -0.05) is 52.0 Å². The van der Waals surface area contributed by atoms with Crippen LogP contribution in [0.3, 0.4) is 0 Å². The molecule has 0 saturated heterocycles. The van der Waals surface area contributed by atoms with E-state index in [0.717, 1.165) is 23.3 Å². The van der Waals surface area contributed by atoms with Crippen LogP contribution in [0.1, 0.15) is 51.5 Å². The molecule has 1 amide bonds. The number of amides is 1. The third-order valence-electron chi connectivity index (χ3n) is 4.44. The van der Waals surface area contributed by atoms with Crippen molar-refractivity contribution < 1.29 is 19.4 Å². The van der Waals surface area contributed by atoms with Crippen molar-refractivity contribution in [1.29, 1.82) is 0 Å². The van der Waals surface area contributed by atoms with Gasteiger partial charge in [-0.25, -0.2) is 5.43 Å². The van der Waals surface area contributed by atoms with Crippen molar-refractivity contribution >= 4 is 34.1 Å². The van der Waals surface area contributed by atoms with E-state index in [1.54, 1.807) is 6.07 Å². The summed E-state index contributed by atoms with van der Waals surface area (Å²) in [6.45, 7) is 9.93. The summed E-state index contributed by atoms with van der Waals surface area (Å²) in [7, 11) is 0. The molecule has 10 nitrogen and oxygen atoms in total. The fourth-order valence-electron chi connectivity index (χ4n) is 3.48. The molecule has 0 fully saturated rings. The molecule has 0 atom stereocenters. The summed E-state index contributed by atoms with van der Waals surface area (Å²) < 4.78 is 5.35. The van der Waals surface area contributed by atoms with Gasteiger partial charge in [-0.15, -0.1) is 0 Å². The van der Waals surface area contributed by atoms with Gasteiger partial charge in [-0.05, 0) is 34.9 Å². The molecule has 0 bridgehead atoms. The van der Waals surface area contributed by atoms with Crippen LogP contribution < -0.4 is 10.2 Å². The molecular weight excluding hydrogens is 436 g/mol.